The van der Waals surface area contributed by atoms with Crippen LogP contribution in [0, 0.1) is 23.0 Å². The molecule has 0 spiro atoms. The number of carbonyl (C=O) groups excluding carboxylic acids is 1. The predicted octanol–water partition coefficient (Wildman–Crippen LogP) is 5.83. The normalized spacial score (nSPS) is 25.0. The molecule has 52 heavy (non-hydrogen) atoms. The zero-order chi connectivity index (χ0) is 36.1. The van der Waals surface area contributed by atoms with Gasteiger partial charge in [0, 0.05) is 50.2 Å². The highest BCUT2D eigenvalue weighted by Gasteiger charge is 2.54. The fourth-order valence-electron chi connectivity index (χ4n) is 8.83. The number of nitrogen functional groups attached to an aromatic ring is 1. The quantitative estimate of drug-likeness (QED) is 0.246. The third-order valence-corrected chi connectivity index (χ3v) is 13.0. The molecular formula is C36H35ClF3N7O4S. The van der Waals surface area contributed by atoms with Crippen LogP contribution in [0.15, 0.2) is 12.1 Å². The number of thiophene rings is 1. The summed E-state index contributed by atoms with van der Waals surface area (Å²) in [7, 11) is 1.56. The van der Waals surface area contributed by atoms with Crippen molar-refractivity contribution in [2.45, 2.75) is 61.9 Å². The van der Waals surface area contributed by atoms with Gasteiger partial charge in [0.25, 0.3) is 5.91 Å². The van der Waals surface area contributed by atoms with Crippen LogP contribution in [-0.4, -0.2) is 102 Å². The van der Waals surface area contributed by atoms with Gasteiger partial charge in [-0.05, 0) is 50.3 Å². The second-order valence-electron chi connectivity index (χ2n) is 14.4. The number of nitrogens with two attached hydrogens (primary N) is 1. The molecule has 6 heterocycles. The third-order valence-electron chi connectivity index (χ3n) is 11.6. The Balaban J connectivity index is 1.20. The van der Waals surface area contributed by atoms with E-state index in [1.165, 1.54) is 12.1 Å². The van der Waals surface area contributed by atoms with E-state index in [1.807, 2.05) is 11.0 Å². The molecule has 2 aromatic heterocycles. The number of hydrogen-bond donors (Lipinski definition) is 1. The molecule has 0 radical (unpaired) electrons. The number of alkyl halides is 1. The number of halogens is 4. The Labute approximate surface area is 306 Å². The number of amides is 1. The number of benzene rings is 2. The van der Waals surface area contributed by atoms with Crippen LogP contribution < -0.4 is 20.1 Å². The van der Waals surface area contributed by atoms with E-state index in [0.717, 1.165) is 30.7 Å². The van der Waals surface area contributed by atoms with Crippen LogP contribution in [-0.2, 0) is 9.53 Å². The zero-order valence-corrected chi connectivity index (χ0v) is 29.9. The van der Waals surface area contributed by atoms with Gasteiger partial charge >= 0.3 is 6.01 Å². The highest BCUT2D eigenvalue weighted by atomic mass is 35.5. The van der Waals surface area contributed by atoms with E-state index in [1.54, 1.807) is 12.0 Å². The summed E-state index contributed by atoms with van der Waals surface area (Å²) in [6.07, 6.45) is 3.00. The summed E-state index contributed by atoms with van der Waals surface area (Å²) in [5, 5.41) is 10.3. The second-order valence-corrected chi connectivity index (χ2v) is 15.9. The lowest BCUT2D eigenvalue weighted by molar-refractivity contribution is -0.143. The van der Waals surface area contributed by atoms with Gasteiger partial charge < -0.3 is 29.7 Å². The third kappa shape index (κ3) is 5.01. The average Bonchev–Trinajstić information content (AvgIpc) is 3.31. The van der Waals surface area contributed by atoms with Gasteiger partial charge in [-0.25, -0.2) is 13.2 Å². The average molecular weight is 754 g/mol. The minimum absolute atomic E-state index is 0.0142. The van der Waals surface area contributed by atoms with E-state index in [-0.39, 0.29) is 84.6 Å². The summed E-state index contributed by atoms with van der Waals surface area (Å²) in [6, 6.07) is 4.29. The monoisotopic (exact) mass is 753 g/mol. The Morgan fingerprint density at radius 3 is 2.79 bits per heavy atom. The van der Waals surface area contributed by atoms with Crippen LogP contribution in [0.5, 0.6) is 11.8 Å². The number of ether oxygens (including phenoxy) is 3. The van der Waals surface area contributed by atoms with Gasteiger partial charge in [0.05, 0.1) is 32.8 Å². The van der Waals surface area contributed by atoms with Crippen molar-refractivity contribution in [1.82, 2.24) is 19.8 Å². The number of methoxy groups -OCH3 is 1. The molecule has 1 amide bonds. The van der Waals surface area contributed by atoms with Gasteiger partial charge in [0.15, 0.2) is 11.6 Å². The minimum atomic E-state index is -0.971. The van der Waals surface area contributed by atoms with E-state index < -0.39 is 28.9 Å². The lowest BCUT2D eigenvalue weighted by atomic mass is 9.95. The largest absolute Gasteiger partial charge is 0.489 e. The van der Waals surface area contributed by atoms with Gasteiger partial charge in [-0.3, -0.25) is 9.69 Å². The molecule has 9 rings (SSSR count). The van der Waals surface area contributed by atoms with Gasteiger partial charge in [0.1, 0.15) is 53.2 Å². The van der Waals surface area contributed by atoms with E-state index in [2.05, 4.69) is 9.88 Å². The Bertz CT molecular complexity index is 2210. The van der Waals surface area contributed by atoms with Crippen molar-refractivity contribution in [2.75, 3.05) is 63.7 Å². The predicted molar refractivity (Wildman–Crippen MR) is 190 cm³/mol. The number of rotatable bonds is 7. The molecular weight excluding hydrogens is 719 g/mol. The number of fused-ring (bicyclic) bond motifs is 2. The standard InChI is InChI=1S/C36H35ClF3N7O4S/c1-49-36(7-8-36)33(48)45-10-5-19(16-45)47-11-12-50-29-25-28(43-34(44-32(25)47)51-17-35-6-2-9-46(35)15-18(38)13-35)27(40)24(26(29)37)20-3-4-22(39)30-23(20)21(14-41)31(42)52-30/h3-4,18-19H,2,5-13,15-17,42H2,1H3/t18-,19?,35+/m1/s1. The first kappa shape index (κ1) is 33.7. The summed E-state index contributed by atoms with van der Waals surface area (Å²) < 4.78 is 65.3. The molecule has 1 aliphatic carbocycles. The highest BCUT2D eigenvalue weighted by Crippen LogP contribution is 2.51. The summed E-state index contributed by atoms with van der Waals surface area (Å²) in [4.78, 5) is 28.8. The van der Waals surface area contributed by atoms with Gasteiger partial charge in [0.2, 0.25) is 0 Å². The molecule has 0 bridgehead atoms. The number of hydrogen-bond acceptors (Lipinski definition) is 11. The molecule has 4 fully saturated rings. The molecule has 1 unspecified atom stereocenters. The van der Waals surface area contributed by atoms with Crippen LogP contribution in [0.2, 0.25) is 5.02 Å². The molecule has 272 valence electrons. The Kier molecular flexibility index (Phi) is 7.93. The lowest BCUT2D eigenvalue weighted by Gasteiger charge is -2.32. The van der Waals surface area contributed by atoms with E-state index in [9.17, 15) is 14.4 Å². The second kappa shape index (κ2) is 12.2. The smallest absolute Gasteiger partial charge is 0.319 e. The number of aromatic nitrogens is 2. The maximum Gasteiger partial charge on any atom is 0.319 e. The lowest BCUT2D eigenvalue weighted by Crippen LogP contribution is -2.44. The molecule has 3 saturated heterocycles. The summed E-state index contributed by atoms with van der Waals surface area (Å²) in [5.41, 5.74) is 4.74. The first-order valence-corrected chi connectivity index (χ1v) is 18.7. The molecule has 3 atom stereocenters. The summed E-state index contributed by atoms with van der Waals surface area (Å²) in [6.45, 7) is 2.61. The minimum Gasteiger partial charge on any atom is -0.489 e. The van der Waals surface area contributed by atoms with Crippen molar-refractivity contribution >= 4 is 60.7 Å². The molecule has 4 aliphatic heterocycles. The van der Waals surface area contributed by atoms with Crippen LogP contribution >= 0.6 is 22.9 Å². The van der Waals surface area contributed by atoms with Crippen LogP contribution in [0.4, 0.5) is 24.0 Å². The fourth-order valence-corrected chi connectivity index (χ4v) is 10.1. The number of nitrogens with zero attached hydrogens (tertiary/aromatic N) is 6. The highest BCUT2D eigenvalue weighted by molar-refractivity contribution is 7.23. The number of anilines is 2. The molecule has 2 aromatic carbocycles. The van der Waals surface area contributed by atoms with Crippen molar-refractivity contribution in [2.24, 2.45) is 0 Å². The van der Waals surface area contributed by atoms with Crippen molar-refractivity contribution in [3.8, 4) is 29.0 Å². The van der Waals surface area contributed by atoms with Crippen LogP contribution in [0.1, 0.15) is 44.1 Å². The maximum absolute atomic E-state index is 17.3. The van der Waals surface area contributed by atoms with E-state index in [4.69, 9.17) is 36.5 Å². The number of likely N-dealkylation sites (tertiary alicyclic amines) is 1. The van der Waals surface area contributed by atoms with Gasteiger partial charge in [-0.15, -0.1) is 11.3 Å². The first-order valence-electron chi connectivity index (χ1n) is 17.5. The molecule has 5 aliphatic rings. The zero-order valence-electron chi connectivity index (χ0n) is 28.3. The van der Waals surface area contributed by atoms with E-state index >= 15 is 8.78 Å². The van der Waals surface area contributed by atoms with Crippen molar-refractivity contribution < 1.29 is 32.2 Å². The number of nitriles is 1. The molecule has 1 saturated carbocycles. The topological polar surface area (TPSA) is 130 Å². The molecule has 16 heteroatoms. The van der Waals surface area contributed by atoms with Gasteiger partial charge in [-0.2, -0.15) is 15.2 Å². The summed E-state index contributed by atoms with van der Waals surface area (Å²) >= 11 is 7.97. The Hall–Kier alpha value is -4.10. The Morgan fingerprint density at radius 1 is 1.19 bits per heavy atom. The van der Waals surface area contributed by atoms with Crippen molar-refractivity contribution in [3.05, 3.63) is 34.4 Å². The fraction of sp³-hybridized carbons (Fsp3) is 0.500. The first-order chi connectivity index (χ1) is 25.1. The molecule has 11 nitrogen and oxygen atoms in total. The van der Waals surface area contributed by atoms with Gasteiger partial charge in [-0.1, -0.05) is 17.7 Å². The van der Waals surface area contributed by atoms with Crippen molar-refractivity contribution in [1.29, 1.82) is 5.26 Å². The maximum atomic E-state index is 17.3. The van der Waals surface area contributed by atoms with Crippen LogP contribution in [0.3, 0.4) is 0 Å². The number of carbonyl (C=O) groups is 1. The molecule has 4 aromatic rings. The molecule has 2 N–H and O–H groups in total. The van der Waals surface area contributed by atoms with Crippen molar-refractivity contribution in [3.63, 3.8) is 0 Å². The SMILES string of the molecule is COC1(C(=O)N2CCC(N3CCOc4c(Cl)c(-c5ccc(F)c6sc(N)c(C#N)c56)c(F)c5nc(OC[C@@]67CCCN6C[C@H](F)C7)nc3c45)C2)CC1. The summed E-state index contributed by atoms with van der Waals surface area (Å²) in [5.74, 6) is -1.02. The Morgan fingerprint density at radius 2 is 2.02 bits per heavy atom. The van der Waals surface area contributed by atoms with E-state index in [0.29, 0.717) is 57.7 Å². The van der Waals surface area contributed by atoms with Crippen LogP contribution in [0.25, 0.3) is 32.1 Å².